The van der Waals surface area contributed by atoms with Gasteiger partial charge in [0.2, 0.25) is 11.8 Å². The fourth-order valence-electron chi connectivity index (χ4n) is 5.67. The minimum atomic E-state index is -0.331. The largest absolute Gasteiger partial charge is 0.493 e. The van der Waals surface area contributed by atoms with E-state index in [1.165, 1.54) is 5.56 Å². The lowest BCUT2D eigenvalue weighted by molar-refractivity contribution is -0.157. The van der Waals surface area contributed by atoms with E-state index in [0.717, 1.165) is 63.1 Å². The highest BCUT2D eigenvalue weighted by Crippen LogP contribution is 2.39. The van der Waals surface area contributed by atoms with E-state index in [-0.39, 0.29) is 29.8 Å². The molecule has 0 aliphatic carbocycles. The average molecular weight is 383 g/mol. The number of hydrogen-bond acceptors (Lipinski definition) is 4. The van der Waals surface area contributed by atoms with Crippen molar-refractivity contribution >= 4 is 11.8 Å². The summed E-state index contributed by atoms with van der Waals surface area (Å²) in [7, 11) is 0. The monoisotopic (exact) mass is 383 g/mol. The molecule has 5 rings (SSSR count). The molecule has 0 radical (unpaired) electrons. The molecule has 4 atom stereocenters. The van der Waals surface area contributed by atoms with Crippen LogP contribution >= 0.6 is 0 Å². The Labute approximate surface area is 166 Å². The third kappa shape index (κ3) is 3.17. The molecule has 0 aromatic heterocycles. The van der Waals surface area contributed by atoms with Gasteiger partial charge in [0.05, 0.1) is 6.61 Å². The zero-order chi connectivity index (χ0) is 19.1. The molecule has 150 valence electrons. The van der Waals surface area contributed by atoms with Crippen LogP contribution in [0.5, 0.6) is 5.75 Å². The number of rotatable bonds is 3. The van der Waals surface area contributed by atoms with Gasteiger partial charge in [0, 0.05) is 31.5 Å². The summed E-state index contributed by atoms with van der Waals surface area (Å²) < 4.78 is 5.68. The molecular weight excluding hydrogens is 354 g/mol. The van der Waals surface area contributed by atoms with Crippen LogP contribution < -0.4 is 15.4 Å². The second kappa shape index (κ2) is 7.39. The van der Waals surface area contributed by atoms with Gasteiger partial charge in [-0.25, -0.2) is 0 Å². The van der Waals surface area contributed by atoms with Crippen molar-refractivity contribution in [3.63, 3.8) is 0 Å². The Morgan fingerprint density at radius 3 is 3.04 bits per heavy atom. The maximum Gasteiger partial charge on any atom is 0.243 e. The van der Waals surface area contributed by atoms with Crippen LogP contribution in [-0.2, 0) is 22.6 Å². The topological polar surface area (TPSA) is 70.7 Å². The summed E-state index contributed by atoms with van der Waals surface area (Å²) in [5, 5.41) is 6.63. The van der Waals surface area contributed by atoms with Crippen LogP contribution in [0.2, 0.25) is 0 Å². The Morgan fingerprint density at radius 1 is 1.21 bits per heavy atom. The smallest absolute Gasteiger partial charge is 0.243 e. The number of nitrogens with zero attached hydrogens (tertiary/aromatic N) is 1. The lowest BCUT2D eigenvalue weighted by atomic mass is 9.72. The minimum Gasteiger partial charge on any atom is -0.493 e. The van der Waals surface area contributed by atoms with Gasteiger partial charge in [-0.05, 0) is 61.8 Å². The summed E-state index contributed by atoms with van der Waals surface area (Å²) in [4.78, 5) is 27.9. The summed E-state index contributed by atoms with van der Waals surface area (Å²) in [6.45, 7) is 3.07. The van der Waals surface area contributed by atoms with Gasteiger partial charge in [-0.15, -0.1) is 0 Å². The van der Waals surface area contributed by atoms with Gasteiger partial charge in [0.25, 0.3) is 0 Å². The first-order valence-electron chi connectivity index (χ1n) is 10.7. The quantitative estimate of drug-likeness (QED) is 0.832. The lowest BCUT2D eigenvalue weighted by Crippen LogP contribution is -2.67. The molecule has 1 aromatic carbocycles. The molecule has 2 bridgehead atoms. The molecular formula is C22H29N3O3. The van der Waals surface area contributed by atoms with E-state index >= 15 is 0 Å². The van der Waals surface area contributed by atoms with Crippen molar-refractivity contribution in [1.82, 2.24) is 15.5 Å². The second-order valence-corrected chi connectivity index (χ2v) is 8.73. The fourth-order valence-corrected chi connectivity index (χ4v) is 5.67. The van der Waals surface area contributed by atoms with Crippen LogP contribution in [-0.4, -0.2) is 48.5 Å². The van der Waals surface area contributed by atoms with Crippen molar-refractivity contribution in [1.29, 1.82) is 0 Å². The molecule has 0 unspecified atom stereocenters. The SMILES string of the molecule is O=C(NCc1ccc2c(c1)CCCO2)[C@H]1[C@@H]2CNC[C@@H](C2)[C@@H]2CCCC(=O)N21. The van der Waals surface area contributed by atoms with Crippen molar-refractivity contribution in [3.05, 3.63) is 29.3 Å². The van der Waals surface area contributed by atoms with Crippen molar-refractivity contribution in [3.8, 4) is 5.75 Å². The van der Waals surface area contributed by atoms with E-state index < -0.39 is 0 Å². The normalized spacial score (nSPS) is 31.4. The van der Waals surface area contributed by atoms with Crippen molar-refractivity contribution < 1.29 is 14.3 Å². The Balaban J connectivity index is 1.31. The lowest BCUT2D eigenvalue weighted by Gasteiger charge is -2.53. The van der Waals surface area contributed by atoms with E-state index in [4.69, 9.17) is 4.74 Å². The predicted octanol–water partition coefficient (Wildman–Crippen LogP) is 1.62. The van der Waals surface area contributed by atoms with E-state index in [9.17, 15) is 9.59 Å². The Morgan fingerprint density at radius 2 is 2.11 bits per heavy atom. The number of piperidine rings is 3. The molecule has 1 aromatic rings. The predicted molar refractivity (Wildman–Crippen MR) is 105 cm³/mol. The zero-order valence-electron chi connectivity index (χ0n) is 16.3. The molecule has 2 amide bonds. The number of carbonyl (C=O) groups is 2. The molecule has 4 heterocycles. The standard InChI is InChI=1S/C22H29N3O3/c26-20-5-1-4-18-16-10-17(13-23-12-16)21(25(18)20)22(27)24-11-14-6-7-19-15(9-14)3-2-8-28-19/h6-7,9,16-18,21,23H,1-5,8,10-13H2,(H,24,27)/t16-,17+,18+,21-/m1/s1. The number of hydrogen-bond donors (Lipinski definition) is 2. The highest BCUT2D eigenvalue weighted by atomic mass is 16.5. The Bertz CT molecular complexity index is 780. The van der Waals surface area contributed by atoms with E-state index in [2.05, 4.69) is 16.7 Å². The van der Waals surface area contributed by atoms with E-state index in [1.807, 2.05) is 17.0 Å². The maximum absolute atomic E-state index is 13.2. The molecule has 4 aliphatic rings. The number of aryl methyl sites for hydroxylation is 1. The summed E-state index contributed by atoms with van der Waals surface area (Å²) in [6, 6.07) is 6.07. The van der Waals surface area contributed by atoms with Gasteiger partial charge in [-0.3, -0.25) is 9.59 Å². The summed E-state index contributed by atoms with van der Waals surface area (Å²) in [6.07, 6.45) is 5.68. The number of benzene rings is 1. The average Bonchev–Trinajstić information content (AvgIpc) is 2.73. The fraction of sp³-hybridized carbons (Fsp3) is 0.636. The number of fused-ring (bicyclic) bond motifs is 5. The van der Waals surface area contributed by atoms with Crippen LogP contribution in [0.25, 0.3) is 0 Å². The van der Waals surface area contributed by atoms with Gasteiger partial charge in [0.1, 0.15) is 11.8 Å². The van der Waals surface area contributed by atoms with Gasteiger partial charge in [-0.2, -0.15) is 0 Å². The summed E-state index contributed by atoms with van der Waals surface area (Å²) in [5.74, 6) is 1.84. The van der Waals surface area contributed by atoms with Crippen LogP contribution in [0, 0.1) is 11.8 Å². The first-order valence-corrected chi connectivity index (χ1v) is 10.7. The third-order valence-electron chi connectivity index (χ3n) is 6.95. The molecule has 0 saturated carbocycles. The zero-order valence-corrected chi connectivity index (χ0v) is 16.3. The van der Waals surface area contributed by atoms with Gasteiger partial charge >= 0.3 is 0 Å². The highest BCUT2D eigenvalue weighted by Gasteiger charge is 2.50. The van der Waals surface area contributed by atoms with Gasteiger partial charge in [0.15, 0.2) is 0 Å². The minimum absolute atomic E-state index is 0.00127. The van der Waals surface area contributed by atoms with Crippen LogP contribution in [0.3, 0.4) is 0 Å². The highest BCUT2D eigenvalue weighted by molar-refractivity contribution is 5.89. The first kappa shape index (κ1) is 18.0. The molecule has 6 heteroatoms. The molecule has 3 fully saturated rings. The maximum atomic E-state index is 13.2. The first-order chi connectivity index (χ1) is 13.7. The molecule has 3 saturated heterocycles. The second-order valence-electron chi connectivity index (χ2n) is 8.73. The number of carbonyl (C=O) groups excluding carboxylic acids is 2. The van der Waals surface area contributed by atoms with Crippen LogP contribution in [0.4, 0.5) is 0 Å². The van der Waals surface area contributed by atoms with Crippen molar-refractivity contribution in [2.75, 3.05) is 19.7 Å². The van der Waals surface area contributed by atoms with Gasteiger partial charge in [-0.1, -0.05) is 12.1 Å². The molecule has 28 heavy (non-hydrogen) atoms. The van der Waals surface area contributed by atoms with E-state index in [1.54, 1.807) is 0 Å². The molecule has 4 aliphatic heterocycles. The van der Waals surface area contributed by atoms with Gasteiger partial charge < -0.3 is 20.3 Å². The number of ether oxygens (including phenoxy) is 1. The Kier molecular flexibility index (Phi) is 4.75. The number of amides is 2. The summed E-state index contributed by atoms with van der Waals surface area (Å²) >= 11 is 0. The Hall–Kier alpha value is -2.08. The van der Waals surface area contributed by atoms with Crippen molar-refractivity contribution in [2.45, 2.75) is 57.2 Å². The van der Waals surface area contributed by atoms with Crippen LogP contribution in [0.15, 0.2) is 18.2 Å². The van der Waals surface area contributed by atoms with Crippen LogP contribution in [0.1, 0.15) is 43.2 Å². The van der Waals surface area contributed by atoms with Crippen molar-refractivity contribution in [2.24, 2.45) is 11.8 Å². The molecule has 2 N–H and O–H groups in total. The third-order valence-corrected chi connectivity index (χ3v) is 6.95. The molecule has 6 nitrogen and oxygen atoms in total. The summed E-state index contributed by atoms with van der Waals surface area (Å²) in [5.41, 5.74) is 2.32. The molecule has 0 spiro atoms. The van der Waals surface area contributed by atoms with E-state index in [0.29, 0.717) is 18.9 Å². The number of nitrogens with one attached hydrogen (secondary N) is 2.